The molecule has 2 N–H and O–H groups in total. The number of hydrogen-bond donors (Lipinski definition) is 2. The normalized spacial score (nSPS) is 42.0. The molecule has 1 aromatic rings. The first-order chi connectivity index (χ1) is 11.0. The molecule has 2 nitrogen and oxygen atoms in total. The number of aliphatic hydroxyl groups is 1. The molecule has 0 heterocycles. The minimum Gasteiger partial charge on any atom is -0.508 e. The first-order valence-electron chi connectivity index (χ1n) is 9.51. The summed E-state index contributed by atoms with van der Waals surface area (Å²) in [7, 11) is 0. The fourth-order valence-electron chi connectivity index (χ4n) is 6.45. The molecule has 0 bridgehead atoms. The molecule has 2 fully saturated rings. The van der Waals surface area contributed by atoms with E-state index in [1.54, 1.807) is 0 Å². The fraction of sp³-hybridized carbons (Fsp3) is 0.714. The van der Waals surface area contributed by atoms with Crippen LogP contribution in [0.1, 0.15) is 69.4 Å². The van der Waals surface area contributed by atoms with Crippen LogP contribution in [0.2, 0.25) is 0 Å². The molecule has 0 spiro atoms. The number of aliphatic hydroxyl groups excluding tert-OH is 1. The molecule has 0 aliphatic heterocycles. The third-order valence-corrected chi connectivity index (χ3v) is 7.29. The van der Waals surface area contributed by atoms with Crippen molar-refractivity contribution in [2.24, 2.45) is 23.2 Å². The summed E-state index contributed by atoms with van der Waals surface area (Å²) in [5.74, 6) is 3.17. The van der Waals surface area contributed by atoms with Gasteiger partial charge in [-0.05, 0) is 84.5 Å². The van der Waals surface area contributed by atoms with E-state index >= 15 is 0 Å². The minimum atomic E-state index is -0.0905. The molecule has 0 radical (unpaired) electrons. The van der Waals surface area contributed by atoms with Crippen LogP contribution in [0, 0.1) is 23.2 Å². The molecule has 3 aliphatic rings. The van der Waals surface area contributed by atoms with Crippen molar-refractivity contribution in [2.75, 3.05) is 0 Å². The fourth-order valence-corrected chi connectivity index (χ4v) is 6.45. The summed E-state index contributed by atoms with van der Waals surface area (Å²) in [4.78, 5) is 0. The molecule has 0 saturated heterocycles. The number of fused-ring (bicyclic) bond motifs is 5. The van der Waals surface area contributed by atoms with Crippen molar-refractivity contribution in [2.45, 2.75) is 70.8 Å². The van der Waals surface area contributed by atoms with Gasteiger partial charge in [0.2, 0.25) is 0 Å². The second-order valence-corrected chi connectivity index (χ2v) is 8.71. The largest absolute Gasteiger partial charge is 0.508 e. The van der Waals surface area contributed by atoms with Crippen molar-refractivity contribution < 1.29 is 10.2 Å². The maximum Gasteiger partial charge on any atom is 0.115 e. The third kappa shape index (κ3) is 2.41. The molecule has 23 heavy (non-hydrogen) atoms. The Morgan fingerprint density at radius 2 is 2.13 bits per heavy atom. The number of rotatable bonds is 2. The Morgan fingerprint density at radius 3 is 2.91 bits per heavy atom. The average Bonchev–Trinajstić information content (AvgIpc) is 2.81. The molecular formula is C21H30O2. The molecule has 6 atom stereocenters. The molecule has 126 valence electrons. The number of benzene rings is 1. The Hall–Kier alpha value is -1.02. The second kappa shape index (κ2) is 5.51. The third-order valence-electron chi connectivity index (χ3n) is 7.29. The van der Waals surface area contributed by atoms with Crippen LogP contribution in [0.3, 0.4) is 0 Å². The molecule has 2 heteroatoms. The zero-order valence-electron chi connectivity index (χ0n) is 14.5. The van der Waals surface area contributed by atoms with Crippen LogP contribution in [-0.2, 0) is 6.42 Å². The summed E-state index contributed by atoms with van der Waals surface area (Å²) in [5, 5.41) is 20.2. The summed E-state index contributed by atoms with van der Waals surface area (Å²) < 4.78 is 0. The van der Waals surface area contributed by atoms with E-state index < -0.39 is 0 Å². The highest BCUT2D eigenvalue weighted by molar-refractivity contribution is 5.40. The lowest BCUT2D eigenvalue weighted by molar-refractivity contribution is 0.0231. The smallest absolute Gasteiger partial charge is 0.115 e. The number of phenolic OH excluding ortho intramolecular Hbond substituents is 1. The van der Waals surface area contributed by atoms with Crippen LogP contribution in [-0.4, -0.2) is 16.3 Å². The Bertz CT molecular complexity index is 596. The van der Waals surface area contributed by atoms with Crippen LogP contribution in [0.4, 0.5) is 0 Å². The lowest BCUT2D eigenvalue weighted by atomic mass is 9.52. The summed E-state index contributed by atoms with van der Waals surface area (Å²) in [6.07, 6.45) is 8.03. The van der Waals surface area contributed by atoms with Crippen molar-refractivity contribution in [1.29, 1.82) is 0 Å². The maximum atomic E-state index is 10.3. The van der Waals surface area contributed by atoms with Crippen LogP contribution in [0.25, 0.3) is 0 Å². The van der Waals surface area contributed by atoms with Gasteiger partial charge in [0, 0.05) is 0 Å². The molecular weight excluding hydrogens is 284 g/mol. The number of aromatic hydroxyl groups is 1. The Balaban J connectivity index is 1.75. The number of phenols is 1. The van der Waals surface area contributed by atoms with Crippen LogP contribution >= 0.6 is 0 Å². The molecule has 0 amide bonds. The van der Waals surface area contributed by atoms with Gasteiger partial charge in [0.15, 0.2) is 0 Å². The summed E-state index contributed by atoms with van der Waals surface area (Å²) in [6, 6.07) is 6.05. The highest BCUT2D eigenvalue weighted by Gasteiger charge is 2.54. The van der Waals surface area contributed by atoms with Gasteiger partial charge < -0.3 is 10.2 Å². The van der Waals surface area contributed by atoms with Crippen molar-refractivity contribution in [3.05, 3.63) is 29.3 Å². The Kier molecular flexibility index (Phi) is 3.72. The summed E-state index contributed by atoms with van der Waals surface area (Å²) in [6.45, 7) is 4.72. The van der Waals surface area contributed by atoms with E-state index in [1.807, 2.05) is 12.1 Å². The maximum absolute atomic E-state index is 10.3. The molecule has 2 saturated carbocycles. The van der Waals surface area contributed by atoms with E-state index in [-0.39, 0.29) is 6.10 Å². The summed E-state index contributed by atoms with van der Waals surface area (Å²) >= 11 is 0. The van der Waals surface area contributed by atoms with Gasteiger partial charge in [0.05, 0.1) is 6.10 Å². The van der Waals surface area contributed by atoms with Crippen LogP contribution in [0.5, 0.6) is 5.75 Å². The van der Waals surface area contributed by atoms with Crippen molar-refractivity contribution in [3.63, 3.8) is 0 Å². The van der Waals surface area contributed by atoms with Gasteiger partial charge >= 0.3 is 0 Å². The summed E-state index contributed by atoms with van der Waals surface area (Å²) in [5.41, 5.74) is 3.22. The number of hydrogen-bond acceptors (Lipinski definition) is 2. The molecule has 4 rings (SSSR count). The lowest BCUT2D eigenvalue weighted by Crippen LogP contribution is -2.44. The van der Waals surface area contributed by atoms with E-state index in [1.165, 1.54) is 36.8 Å². The van der Waals surface area contributed by atoms with Gasteiger partial charge in [0.1, 0.15) is 5.75 Å². The average molecular weight is 314 g/mol. The topological polar surface area (TPSA) is 40.5 Å². The van der Waals surface area contributed by atoms with Gasteiger partial charge in [-0.25, -0.2) is 0 Å². The molecule has 0 aromatic heterocycles. The van der Waals surface area contributed by atoms with Gasteiger partial charge in [-0.1, -0.05) is 32.8 Å². The highest BCUT2D eigenvalue weighted by Crippen LogP contribution is 2.62. The van der Waals surface area contributed by atoms with E-state index in [0.717, 1.165) is 25.2 Å². The molecule has 3 aliphatic carbocycles. The zero-order chi connectivity index (χ0) is 16.2. The molecule has 1 aromatic carbocycles. The van der Waals surface area contributed by atoms with Crippen molar-refractivity contribution in [1.82, 2.24) is 0 Å². The van der Waals surface area contributed by atoms with Gasteiger partial charge in [-0.15, -0.1) is 0 Å². The predicted octanol–water partition coefficient (Wildman–Crippen LogP) is 4.64. The second-order valence-electron chi connectivity index (χ2n) is 8.71. The standard InChI is InChI=1S/C21H30O2/c1-3-4-13-9-14-10-15(22)5-6-17(14)18-7-8-21(2)12-16(23)11-19(21)20(13)18/h5-6,10,13,16,18-20,22-23H,3-4,7-9,11-12H2,1-2H3/t13-,16-,18-,19+,20-,21-/m1/s1. The lowest BCUT2D eigenvalue weighted by Gasteiger charge is -2.52. The van der Waals surface area contributed by atoms with Crippen molar-refractivity contribution >= 4 is 0 Å². The predicted molar refractivity (Wildman–Crippen MR) is 92.5 cm³/mol. The van der Waals surface area contributed by atoms with Gasteiger partial charge in [0.25, 0.3) is 0 Å². The Labute approximate surface area is 139 Å². The quantitative estimate of drug-likeness (QED) is 0.835. The highest BCUT2D eigenvalue weighted by atomic mass is 16.3. The first kappa shape index (κ1) is 15.5. The zero-order valence-corrected chi connectivity index (χ0v) is 14.5. The van der Waals surface area contributed by atoms with E-state index in [2.05, 4.69) is 19.9 Å². The van der Waals surface area contributed by atoms with E-state index in [0.29, 0.717) is 28.9 Å². The molecule has 0 unspecified atom stereocenters. The minimum absolute atomic E-state index is 0.0905. The van der Waals surface area contributed by atoms with E-state index in [9.17, 15) is 10.2 Å². The first-order valence-corrected chi connectivity index (χ1v) is 9.51. The van der Waals surface area contributed by atoms with Gasteiger partial charge in [-0.2, -0.15) is 0 Å². The SMILES string of the molecule is CCC[C@@H]1Cc2cc(O)ccc2[C@H]2CC[C@]3(C)C[C@H](O)C[C@H]3[C@H]12. The van der Waals surface area contributed by atoms with Gasteiger partial charge in [-0.3, -0.25) is 0 Å². The van der Waals surface area contributed by atoms with Crippen LogP contribution < -0.4 is 0 Å². The monoisotopic (exact) mass is 314 g/mol. The Morgan fingerprint density at radius 1 is 1.30 bits per heavy atom. The van der Waals surface area contributed by atoms with Crippen LogP contribution in [0.15, 0.2) is 18.2 Å². The van der Waals surface area contributed by atoms with Crippen molar-refractivity contribution in [3.8, 4) is 5.75 Å². The van der Waals surface area contributed by atoms with E-state index in [4.69, 9.17) is 0 Å².